The minimum absolute atomic E-state index is 0. The summed E-state index contributed by atoms with van der Waals surface area (Å²) in [6, 6.07) is 24.9. The molecule has 0 aliphatic heterocycles. The molecule has 3 nitrogen and oxygen atoms in total. The van der Waals surface area contributed by atoms with Crippen molar-refractivity contribution in [2.75, 3.05) is 0 Å². The average Bonchev–Trinajstić information content (AvgIpc) is 2.84. The second-order valence-corrected chi connectivity index (χ2v) is 8.73. The number of phenols is 1. The van der Waals surface area contributed by atoms with E-state index in [9.17, 15) is 9.50 Å². The first kappa shape index (κ1) is 25.7. The van der Waals surface area contributed by atoms with Gasteiger partial charge in [-0.15, -0.1) is 34.9 Å². The summed E-state index contributed by atoms with van der Waals surface area (Å²) >= 11 is 0. The monoisotopic (exact) mass is 657 g/mol. The van der Waals surface area contributed by atoms with Gasteiger partial charge in [-0.05, 0) is 64.3 Å². The number of hydrogen-bond donors (Lipinski definition) is 1. The number of aromatic hydroxyl groups is 1. The zero-order valence-corrected chi connectivity index (χ0v) is 23.0. The van der Waals surface area contributed by atoms with E-state index >= 15 is 0 Å². The molecule has 2 aromatic heterocycles. The third-order valence-electron chi connectivity index (χ3n) is 5.64. The molecule has 0 atom stereocenters. The van der Waals surface area contributed by atoms with Crippen LogP contribution in [0.2, 0.25) is 0 Å². The van der Waals surface area contributed by atoms with Gasteiger partial charge in [0.25, 0.3) is 0 Å². The SMILES string of the molecule is Oc1ccc(F)cc1-c1ccccn1.[2H]C(C)(C)c1ccc2c(-c3[c-]c(C)cc(C)c3)nccc2c1.[Ir]. The van der Waals surface area contributed by atoms with Gasteiger partial charge in [0.15, 0.2) is 0 Å². The Morgan fingerprint density at radius 2 is 1.72 bits per heavy atom. The number of hydrogen-bond acceptors (Lipinski definition) is 3. The summed E-state index contributed by atoms with van der Waals surface area (Å²) in [6.45, 7) is 7.97. The maximum Gasteiger partial charge on any atom is 0.125 e. The van der Waals surface area contributed by atoms with Gasteiger partial charge in [-0.2, -0.15) is 0 Å². The average molecular weight is 657 g/mol. The first-order chi connectivity index (χ1) is 17.1. The molecule has 5 aromatic rings. The molecule has 0 saturated heterocycles. The van der Waals surface area contributed by atoms with E-state index in [1.807, 2.05) is 32.2 Å². The number of halogens is 1. The van der Waals surface area contributed by atoms with E-state index in [4.69, 9.17) is 1.37 Å². The van der Waals surface area contributed by atoms with E-state index in [0.29, 0.717) is 11.3 Å². The van der Waals surface area contributed by atoms with E-state index in [1.54, 1.807) is 24.4 Å². The van der Waals surface area contributed by atoms with Crippen LogP contribution in [0.25, 0.3) is 33.3 Å². The summed E-state index contributed by atoms with van der Waals surface area (Å²) in [6.07, 6.45) is 3.43. The van der Waals surface area contributed by atoms with Crippen molar-refractivity contribution in [1.29, 1.82) is 0 Å². The maximum absolute atomic E-state index is 12.9. The molecule has 0 saturated carbocycles. The molecule has 36 heavy (non-hydrogen) atoms. The van der Waals surface area contributed by atoms with Crippen molar-refractivity contribution in [2.24, 2.45) is 0 Å². The number of aromatic nitrogens is 2. The molecule has 3 aromatic carbocycles. The first-order valence-electron chi connectivity index (χ1n) is 11.9. The molecule has 0 aliphatic rings. The van der Waals surface area contributed by atoms with Gasteiger partial charge in [-0.3, -0.25) is 4.98 Å². The molecule has 0 fully saturated rings. The number of benzene rings is 3. The van der Waals surface area contributed by atoms with Crippen LogP contribution in [0.15, 0.2) is 85.2 Å². The molecular formula is C31H28FIrN2O-. The summed E-state index contributed by atoms with van der Waals surface area (Å²) in [5.74, 6) is -0.947. The zero-order valence-electron chi connectivity index (χ0n) is 21.6. The van der Waals surface area contributed by atoms with Crippen LogP contribution in [-0.4, -0.2) is 15.1 Å². The van der Waals surface area contributed by atoms with Crippen molar-refractivity contribution in [2.45, 2.75) is 33.6 Å². The van der Waals surface area contributed by atoms with Gasteiger partial charge in [0.05, 0.1) is 5.69 Å². The van der Waals surface area contributed by atoms with Gasteiger partial charge < -0.3 is 10.1 Å². The standard InChI is InChI=1S/C20H20N.C11H8FNO.Ir/c1-13(2)16-5-6-19-17(12-16)7-8-21-20(19)18-10-14(3)9-15(4)11-18;12-8-4-5-11(14)9(7-8)10-3-1-2-6-13-10;/h5-10,12-13H,1-4H3;1-7,14H;/q-1;;/i13D;;. The van der Waals surface area contributed by atoms with Crippen LogP contribution in [0.4, 0.5) is 4.39 Å². The smallest absolute Gasteiger partial charge is 0.125 e. The van der Waals surface area contributed by atoms with Crippen LogP contribution in [0, 0.1) is 25.7 Å². The Labute approximate surface area is 226 Å². The second kappa shape index (κ2) is 12.0. The second-order valence-electron chi connectivity index (χ2n) is 8.73. The fourth-order valence-corrected chi connectivity index (χ4v) is 3.96. The molecule has 2 heterocycles. The predicted octanol–water partition coefficient (Wildman–Crippen LogP) is 8.03. The van der Waals surface area contributed by atoms with Gasteiger partial charge in [0.1, 0.15) is 11.6 Å². The van der Waals surface area contributed by atoms with E-state index in [0.717, 1.165) is 33.2 Å². The summed E-state index contributed by atoms with van der Waals surface area (Å²) < 4.78 is 21.1. The van der Waals surface area contributed by atoms with Gasteiger partial charge >= 0.3 is 0 Å². The molecule has 185 valence electrons. The molecule has 1 radical (unpaired) electrons. The van der Waals surface area contributed by atoms with Gasteiger partial charge in [-0.1, -0.05) is 52.0 Å². The fraction of sp³-hybridized carbons (Fsp3) is 0.161. The van der Waals surface area contributed by atoms with E-state index in [2.05, 4.69) is 54.1 Å². The van der Waals surface area contributed by atoms with Gasteiger partial charge in [0, 0.05) is 39.4 Å². The Kier molecular flexibility index (Phi) is 8.58. The minimum Gasteiger partial charge on any atom is -0.507 e. The minimum atomic E-state index is -0.594. The number of pyridine rings is 2. The van der Waals surface area contributed by atoms with Crippen LogP contribution in [0.5, 0.6) is 5.75 Å². The Bertz CT molecular complexity index is 1500. The maximum atomic E-state index is 12.9. The molecule has 0 bridgehead atoms. The Morgan fingerprint density at radius 3 is 2.42 bits per heavy atom. The van der Waals surface area contributed by atoms with Crippen LogP contribution in [0.1, 0.15) is 37.8 Å². The van der Waals surface area contributed by atoms with Crippen LogP contribution in [0.3, 0.4) is 0 Å². The summed E-state index contributed by atoms with van der Waals surface area (Å²) in [4.78, 5) is 8.60. The molecule has 0 unspecified atom stereocenters. The first-order valence-corrected chi connectivity index (χ1v) is 11.4. The Balaban J connectivity index is 0.000000220. The summed E-state index contributed by atoms with van der Waals surface area (Å²) in [5.41, 5.74) is 6.31. The summed E-state index contributed by atoms with van der Waals surface area (Å²) in [7, 11) is 0. The molecule has 5 rings (SSSR count). The van der Waals surface area contributed by atoms with Crippen molar-refractivity contribution in [3.63, 3.8) is 0 Å². The Hall–Kier alpha value is -3.40. The number of aryl methyl sites for hydroxylation is 2. The van der Waals surface area contributed by atoms with Crippen molar-refractivity contribution in [1.82, 2.24) is 9.97 Å². The van der Waals surface area contributed by atoms with E-state index in [1.165, 1.54) is 23.8 Å². The molecule has 0 spiro atoms. The molecule has 5 heteroatoms. The van der Waals surface area contributed by atoms with Crippen LogP contribution >= 0.6 is 0 Å². The number of phenolic OH excluding ortho intramolecular Hbond substituents is 1. The third-order valence-corrected chi connectivity index (χ3v) is 5.64. The normalized spacial score (nSPS) is 11.2. The Morgan fingerprint density at radius 1 is 0.917 bits per heavy atom. The van der Waals surface area contributed by atoms with Crippen LogP contribution in [-0.2, 0) is 20.1 Å². The number of nitrogens with zero attached hydrogens (tertiary/aromatic N) is 2. The van der Waals surface area contributed by atoms with Gasteiger partial charge in [-0.25, -0.2) is 4.39 Å². The van der Waals surface area contributed by atoms with E-state index < -0.39 is 5.89 Å². The van der Waals surface area contributed by atoms with Crippen molar-refractivity contribution in [3.8, 4) is 28.3 Å². The fourth-order valence-electron chi connectivity index (χ4n) is 3.96. The van der Waals surface area contributed by atoms with E-state index in [-0.39, 0.29) is 31.7 Å². The molecule has 0 aliphatic carbocycles. The summed E-state index contributed by atoms with van der Waals surface area (Å²) in [5, 5.41) is 11.7. The largest absolute Gasteiger partial charge is 0.507 e. The van der Waals surface area contributed by atoms with Crippen LogP contribution < -0.4 is 0 Å². The number of fused-ring (bicyclic) bond motifs is 1. The molecule has 0 amide bonds. The zero-order chi connectivity index (χ0) is 25.9. The van der Waals surface area contributed by atoms with Crippen molar-refractivity contribution in [3.05, 3.63) is 114 Å². The van der Waals surface area contributed by atoms with Crippen molar-refractivity contribution >= 4 is 10.8 Å². The molecule has 1 N–H and O–H groups in total. The van der Waals surface area contributed by atoms with Crippen molar-refractivity contribution < 1.29 is 31.0 Å². The topological polar surface area (TPSA) is 46.0 Å². The number of rotatable bonds is 3. The quantitative estimate of drug-likeness (QED) is 0.200. The van der Waals surface area contributed by atoms with Gasteiger partial charge in [0.2, 0.25) is 0 Å². The third kappa shape index (κ3) is 6.42. The predicted molar refractivity (Wildman–Crippen MR) is 141 cm³/mol. The molecular weight excluding hydrogens is 628 g/mol.